The van der Waals surface area contributed by atoms with Crippen molar-refractivity contribution in [1.82, 2.24) is 0 Å². The van der Waals surface area contributed by atoms with Crippen LogP contribution in [0.2, 0.25) is 5.02 Å². The maximum atomic E-state index is 10.3. The van der Waals surface area contributed by atoms with Gasteiger partial charge in [-0.2, -0.15) is 0 Å². The minimum Gasteiger partial charge on any atom is -0.506 e. The minimum absolute atomic E-state index is 0.277. The molecule has 0 aromatic heterocycles. The van der Waals surface area contributed by atoms with E-state index in [9.17, 15) is 5.11 Å². The van der Waals surface area contributed by atoms with Crippen LogP contribution < -0.4 is 0 Å². The van der Waals surface area contributed by atoms with Gasteiger partial charge in [-0.1, -0.05) is 48.2 Å². The van der Waals surface area contributed by atoms with E-state index in [0.29, 0.717) is 5.02 Å². The summed E-state index contributed by atoms with van der Waals surface area (Å²) in [5, 5.41) is 10.8. The van der Waals surface area contributed by atoms with Crippen molar-refractivity contribution in [3.63, 3.8) is 0 Å². The van der Waals surface area contributed by atoms with Crippen LogP contribution >= 0.6 is 11.6 Å². The second kappa shape index (κ2) is 9.45. The van der Waals surface area contributed by atoms with Crippen LogP contribution in [-0.2, 0) is 17.6 Å². The topological polar surface area (TPSA) is 29.5 Å². The molecule has 138 valence electrons. The molecule has 0 unspecified atom stereocenters. The molecule has 0 spiro atoms. The number of allylic oxidation sites excluding steroid dienone is 3. The Labute approximate surface area is 157 Å². The zero-order valence-electron chi connectivity index (χ0n) is 16.0. The summed E-state index contributed by atoms with van der Waals surface area (Å²) in [4.78, 5) is 0. The van der Waals surface area contributed by atoms with Gasteiger partial charge in [-0.25, -0.2) is 0 Å². The summed E-state index contributed by atoms with van der Waals surface area (Å²) in [6, 6.07) is 0. The first kappa shape index (κ1) is 20.1. The van der Waals surface area contributed by atoms with E-state index in [1.165, 1.54) is 28.7 Å². The molecule has 0 radical (unpaired) electrons. The van der Waals surface area contributed by atoms with E-state index in [1.807, 2.05) is 6.92 Å². The van der Waals surface area contributed by atoms with E-state index in [2.05, 4.69) is 32.9 Å². The molecule has 25 heavy (non-hydrogen) atoms. The molecule has 2 nitrogen and oxygen atoms in total. The summed E-state index contributed by atoms with van der Waals surface area (Å²) < 4.78 is 5.63. The quantitative estimate of drug-likeness (QED) is 0.397. The molecule has 1 aliphatic carbocycles. The molecule has 1 aromatic carbocycles. The van der Waals surface area contributed by atoms with E-state index >= 15 is 0 Å². The summed E-state index contributed by atoms with van der Waals surface area (Å²) in [6.07, 6.45) is 10.6. The van der Waals surface area contributed by atoms with Gasteiger partial charge in [0.1, 0.15) is 5.75 Å². The van der Waals surface area contributed by atoms with Crippen LogP contribution in [0, 0.1) is 6.92 Å². The van der Waals surface area contributed by atoms with Gasteiger partial charge in [0.25, 0.3) is 0 Å². The van der Waals surface area contributed by atoms with E-state index in [1.54, 1.807) is 0 Å². The summed E-state index contributed by atoms with van der Waals surface area (Å²) in [5.74, 6) is 0.277. The number of aromatic hydroxyl groups is 1. The first-order chi connectivity index (χ1) is 12.0. The van der Waals surface area contributed by atoms with Crippen molar-refractivity contribution in [2.75, 3.05) is 13.2 Å². The van der Waals surface area contributed by atoms with Crippen LogP contribution in [0.25, 0.3) is 0 Å². The second-order valence-electron chi connectivity index (χ2n) is 7.15. The molecule has 0 saturated heterocycles. The second-order valence-corrected chi connectivity index (χ2v) is 7.53. The molecular formula is C22H31ClO2. The Morgan fingerprint density at radius 3 is 2.68 bits per heavy atom. The Kier molecular flexibility index (Phi) is 7.58. The van der Waals surface area contributed by atoms with Gasteiger partial charge >= 0.3 is 0 Å². The van der Waals surface area contributed by atoms with Crippen molar-refractivity contribution in [1.29, 1.82) is 0 Å². The molecule has 3 heteroatoms. The van der Waals surface area contributed by atoms with Crippen LogP contribution in [0.4, 0.5) is 0 Å². The lowest BCUT2D eigenvalue weighted by Gasteiger charge is -2.07. The lowest BCUT2D eigenvalue weighted by atomic mass is 10.0. The number of unbranched alkanes of at least 4 members (excludes halogenated alkanes) is 1. The summed E-state index contributed by atoms with van der Waals surface area (Å²) in [7, 11) is 0. The summed E-state index contributed by atoms with van der Waals surface area (Å²) in [6.45, 7) is 10.0. The standard InChI is InChI=1S/C22H31ClO2/c1-5-6-12-25-14-16(3)9-7-8-15(2)10-11-18-20-13-19(20)17(4)21(23)22(18)24/h9-10,24H,5-8,11-14H2,1-4H3/b15-10+,16-9+. The SMILES string of the molecule is CCCCOC/C(C)=C/CC/C(C)=C/Cc1c(O)c(Cl)c(C)c2c1C2. The van der Waals surface area contributed by atoms with Crippen LogP contribution in [-0.4, -0.2) is 18.3 Å². The van der Waals surface area contributed by atoms with Gasteiger partial charge < -0.3 is 9.84 Å². The molecule has 0 bridgehead atoms. The first-order valence-corrected chi connectivity index (χ1v) is 9.74. The third kappa shape index (κ3) is 5.62. The fourth-order valence-corrected chi connectivity index (χ4v) is 3.28. The van der Waals surface area contributed by atoms with E-state index < -0.39 is 0 Å². The Bertz CT molecular complexity index is 671. The molecule has 1 aliphatic rings. The van der Waals surface area contributed by atoms with Crippen LogP contribution in [0.1, 0.15) is 68.7 Å². The highest BCUT2D eigenvalue weighted by Crippen LogP contribution is 2.45. The maximum Gasteiger partial charge on any atom is 0.138 e. The third-order valence-corrected chi connectivity index (χ3v) is 5.35. The largest absolute Gasteiger partial charge is 0.506 e. The molecule has 0 aliphatic heterocycles. The van der Waals surface area contributed by atoms with Gasteiger partial charge in [-0.05, 0) is 69.6 Å². The van der Waals surface area contributed by atoms with Crippen molar-refractivity contribution >= 4 is 11.6 Å². The van der Waals surface area contributed by atoms with Gasteiger partial charge in [0.2, 0.25) is 0 Å². The predicted octanol–water partition coefficient (Wildman–Crippen LogP) is 6.29. The fourth-order valence-electron chi connectivity index (χ4n) is 3.05. The Hall–Kier alpha value is -1.25. The average Bonchev–Trinajstić information content (AvgIpc) is 3.37. The number of ether oxygens (including phenoxy) is 1. The van der Waals surface area contributed by atoms with E-state index in [0.717, 1.165) is 56.4 Å². The van der Waals surface area contributed by atoms with E-state index in [-0.39, 0.29) is 5.75 Å². The summed E-state index contributed by atoms with van der Waals surface area (Å²) in [5.41, 5.74) is 7.33. The van der Waals surface area contributed by atoms with Gasteiger partial charge in [0.15, 0.2) is 0 Å². The number of hydrogen-bond acceptors (Lipinski definition) is 2. The molecule has 0 amide bonds. The van der Waals surface area contributed by atoms with Crippen LogP contribution in [0.5, 0.6) is 5.75 Å². The zero-order valence-corrected chi connectivity index (χ0v) is 16.8. The first-order valence-electron chi connectivity index (χ1n) is 9.36. The molecule has 1 N–H and O–H groups in total. The van der Waals surface area contributed by atoms with E-state index in [4.69, 9.17) is 16.3 Å². The highest BCUT2D eigenvalue weighted by atomic mass is 35.5. The highest BCUT2D eigenvalue weighted by molar-refractivity contribution is 6.33. The van der Waals surface area contributed by atoms with Gasteiger partial charge in [-0.3, -0.25) is 0 Å². The van der Waals surface area contributed by atoms with Crippen molar-refractivity contribution in [2.24, 2.45) is 0 Å². The van der Waals surface area contributed by atoms with Crippen molar-refractivity contribution in [3.8, 4) is 5.75 Å². The van der Waals surface area contributed by atoms with Gasteiger partial charge in [-0.15, -0.1) is 0 Å². The third-order valence-electron chi connectivity index (χ3n) is 4.89. The van der Waals surface area contributed by atoms with Crippen LogP contribution in [0.15, 0.2) is 23.3 Å². The van der Waals surface area contributed by atoms with Gasteiger partial charge in [0.05, 0.1) is 11.6 Å². The van der Waals surface area contributed by atoms with Crippen molar-refractivity contribution in [3.05, 3.63) is 50.6 Å². The number of halogens is 1. The predicted molar refractivity (Wildman–Crippen MR) is 107 cm³/mol. The van der Waals surface area contributed by atoms with Crippen LogP contribution in [0.3, 0.4) is 0 Å². The normalized spacial score (nSPS) is 14.0. The monoisotopic (exact) mass is 362 g/mol. The number of phenols is 1. The lowest BCUT2D eigenvalue weighted by molar-refractivity contribution is 0.152. The average molecular weight is 363 g/mol. The Morgan fingerprint density at radius 1 is 1.20 bits per heavy atom. The zero-order chi connectivity index (χ0) is 18.4. The smallest absolute Gasteiger partial charge is 0.138 e. The van der Waals surface area contributed by atoms with Crippen molar-refractivity contribution < 1.29 is 9.84 Å². The molecule has 1 aromatic rings. The van der Waals surface area contributed by atoms with Gasteiger partial charge in [0, 0.05) is 12.2 Å². The minimum atomic E-state index is 0.277. The lowest BCUT2D eigenvalue weighted by Crippen LogP contribution is -1.97. The van der Waals surface area contributed by atoms with Crippen molar-refractivity contribution in [2.45, 2.75) is 66.2 Å². The number of rotatable bonds is 10. The molecular weight excluding hydrogens is 332 g/mol. The molecule has 0 heterocycles. The Balaban J connectivity index is 1.81. The fraction of sp³-hybridized carbons (Fsp3) is 0.545. The summed E-state index contributed by atoms with van der Waals surface area (Å²) >= 11 is 6.23. The number of fused-ring (bicyclic) bond motifs is 1. The number of benzene rings is 1. The molecule has 0 saturated carbocycles. The Morgan fingerprint density at radius 2 is 1.96 bits per heavy atom. The number of hydrogen-bond donors (Lipinski definition) is 1. The maximum absolute atomic E-state index is 10.3. The highest BCUT2D eigenvalue weighted by Gasteiger charge is 2.28. The molecule has 2 rings (SSSR count). The molecule has 0 fully saturated rings. The molecule has 0 atom stereocenters. The number of phenolic OH excluding ortho intramolecular Hbond substituents is 1.